The first-order chi connectivity index (χ1) is 22.0. The molecule has 2 heterocycles. The number of hydrogen-bond acceptors (Lipinski definition) is 7. The first kappa shape index (κ1) is 37.1. The molecule has 1 aromatic heterocycles. The van der Waals surface area contributed by atoms with Gasteiger partial charge in [0.05, 0.1) is 34.5 Å². The van der Waals surface area contributed by atoms with Gasteiger partial charge in [0.1, 0.15) is 11.6 Å². The molecule has 2 amide bonds. The third-order valence-corrected chi connectivity index (χ3v) is 12.3. The number of aromatic nitrogens is 2. The predicted octanol–water partition coefficient (Wildman–Crippen LogP) is 5.14. The van der Waals surface area contributed by atoms with E-state index in [0.29, 0.717) is 11.6 Å². The molecule has 4 atom stereocenters. The van der Waals surface area contributed by atoms with Crippen LogP contribution in [0.25, 0.3) is 0 Å². The summed E-state index contributed by atoms with van der Waals surface area (Å²) in [5, 5.41) is 6.07. The average Bonchev–Trinajstić information content (AvgIpc) is 3.60. The van der Waals surface area contributed by atoms with Crippen LogP contribution in [0, 0.1) is 17.8 Å². The zero-order valence-corrected chi connectivity index (χ0v) is 30.1. The molecule has 0 spiro atoms. The smallest absolute Gasteiger partial charge is 0.243 e. The van der Waals surface area contributed by atoms with Crippen molar-refractivity contribution < 1.29 is 27.5 Å². The molecular formula is C36H56N4O6S. The molecule has 0 radical (unpaired) electrons. The highest BCUT2D eigenvalue weighted by atomic mass is 32.2. The van der Waals surface area contributed by atoms with Crippen molar-refractivity contribution in [3.8, 4) is 0 Å². The lowest BCUT2D eigenvalue weighted by molar-refractivity contribution is -0.167. The van der Waals surface area contributed by atoms with E-state index in [2.05, 4.69) is 34.4 Å². The Morgan fingerprint density at radius 1 is 1.04 bits per heavy atom. The number of imidazole rings is 1. The molecule has 10 nitrogen and oxygen atoms in total. The number of carbonyl (C=O) groups excluding carboxylic acids is 2. The van der Waals surface area contributed by atoms with Crippen LogP contribution in [0.5, 0.6) is 0 Å². The van der Waals surface area contributed by atoms with Crippen molar-refractivity contribution in [2.24, 2.45) is 17.8 Å². The minimum Gasteiger partial charge on any atom is -0.351 e. The van der Waals surface area contributed by atoms with Gasteiger partial charge in [0.2, 0.25) is 11.8 Å². The maximum Gasteiger partial charge on any atom is 0.243 e. The normalized spacial score (nSPS) is 23.4. The van der Waals surface area contributed by atoms with Gasteiger partial charge in [-0.15, -0.1) is 0 Å². The molecule has 47 heavy (non-hydrogen) atoms. The predicted molar refractivity (Wildman–Crippen MR) is 183 cm³/mol. The highest BCUT2D eigenvalue weighted by Gasteiger charge is 2.55. The van der Waals surface area contributed by atoms with Crippen molar-refractivity contribution in [3.63, 3.8) is 0 Å². The van der Waals surface area contributed by atoms with Crippen molar-refractivity contribution in [3.05, 3.63) is 54.1 Å². The Hall–Kier alpha value is -2.76. The Labute approximate surface area is 281 Å². The number of amides is 2. The topological polar surface area (TPSA) is 139 Å². The summed E-state index contributed by atoms with van der Waals surface area (Å²) < 4.78 is 38.8. The zero-order chi connectivity index (χ0) is 34.5. The fourth-order valence-corrected chi connectivity index (χ4v) is 8.39. The molecule has 0 unspecified atom stereocenters. The molecule has 1 aromatic carbocycles. The summed E-state index contributed by atoms with van der Waals surface area (Å²) >= 11 is 0. The fourth-order valence-electron chi connectivity index (χ4n) is 7.09. The van der Waals surface area contributed by atoms with E-state index in [1.807, 2.05) is 44.2 Å². The number of nitrogens with one attached hydrogen (secondary N) is 3. The Morgan fingerprint density at radius 3 is 2.32 bits per heavy atom. The molecule has 1 saturated heterocycles. The van der Waals surface area contributed by atoms with Gasteiger partial charge in [0, 0.05) is 19.2 Å². The largest absolute Gasteiger partial charge is 0.351 e. The van der Waals surface area contributed by atoms with Gasteiger partial charge in [-0.05, 0) is 64.9 Å². The first-order valence-electron chi connectivity index (χ1n) is 17.2. The third kappa shape index (κ3) is 9.89. The van der Waals surface area contributed by atoms with E-state index in [9.17, 15) is 18.0 Å². The molecule has 2 aliphatic rings. The van der Waals surface area contributed by atoms with Gasteiger partial charge in [-0.2, -0.15) is 0 Å². The van der Waals surface area contributed by atoms with Crippen LogP contribution in [0.2, 0.25) is 0 Å². The van der Waals surface area contributed by atoms with Gasteiger partial charge in [-0.1, -0.05) is 76.3 Å². The highest BCUT2D eigenvalue weighted by molar-refractivity contribution is 7.92. The fraction of sp³-hybridized carbons (Fsp3) is 0.694. The van der Waals surface area contributed by atoms with Gasteiger partial charge >= 0.3 is 0 Å². The van der Waals surface area contributed by atoms with Crippen molar-refractivity contribution in [2.75, 3.05) is 12.3 Å². The SMILES string of the molecule is CC(C)[C@@H]1OC(C)(C)O[C@@]1(CNC(=O)[C@H](Cc1c[nH]cn1)NC(=O)[C@H](Cc1ccccc1)CS(=O)(=O)C(C)(C)C)CC1CCCCC1. The number of nitrogens with zero attached hydrogens (tertiary/aromatic N) is 1. The lowest BCUT2D eigenvalue weighted by atomic mass is 9.76. The van der Waals surface area contributed by atoms with Crippen LogP contribution in [0.1, 0.15) is 98.2 Å². The van der Waals surface area contributed by atoms with E-state index < -0.39 is 43.8 Å². The highest BCUT2D eigenvalue weighted by Crippen LogP contribution is 2.45. The minimum absolute atomic E-state index is 0.136. The van der Waals surface area contributed by atoms with Gasteiger partial charge < -0.3 is 25.1 Å². The number of carbonyl (C=O) groups is 2. The van der Waals surface area contributed by atoms with Crippen molar-refractivity contribution >= 4 is 21.7 Å². The van der Waals surface area contributed by atoms with Crippen LogP contribution in [-0.4, -0.2) is 70.8 Å². The lowest BCUT2D eigenvalue weighted by Crippen LogP contribution is -2.57. The average molecular weight is 673 g/mol. The Kier molecular flexibility index (Phi) is 12.0. The van der Waals surface area contributed by atoms with Crippen LogP contribution in [0.3, 0.4) is 0 Å². The molecule has 0 bridgehead atoms. The summed E-state index contributed by atoms with van der Waals surface area (Å²) in [4.78, 5) is 35.3. The van der Waals surface area contributed by atoms with Gasteiger partial charge in [-0.25, -0.2) is 13.4 Å². The summed E-state index contributed by atoms with van der Waals surface area (Å²) in [5.41, 5.74) is 0.716. The monoisotopic (exact) mass is 672 g/mol. The van der Waals surface area contributed by atoms with E-state index in [-0.39, 0.29) is 43.1 Å². The molecule has 1 saturated carbocycles. The summed E-state index contributed by atoms with van der Waals surface area (Å²) in [6, 6.07) is 8.36. The number of hydrogen-bond donors (Lipinski definition) is 3. The van der Waals surface area contributed by atoms with Crippen molar-refractivity contribution in [1.82, 2.24) is 20.6 Å². The summed E-state index contributed by atoms with van der Waals surface area (Å²) in [7, 11) is -3.65. The molecule has 1 aliphatic carbocycles. The van der Waals surface area contributed by atoms with Gasteiger partial charge in [-0.3, -0.25) is 9.59 Å². The van der Waals surface area contributed by atoms with Crippen LogP contribution in [0.15, 0.2) is 42.9 Å². The number of ether oxygens (including phenoxy) is 2. The van der Waals surface area contributed by atoms with Crippen molar-refractivity contribution in [2.45, 2.75) is 128 Å². The first-order valence-corrected chi connectivity index (χ1v) is 18.9. The standard InChI is InChI=1S/C36H56N4O6S/c1-25(2)31-36(46-35(6,7)45-31,20-27-16-12-9-13-17-27)23-38-33(42)30(19-29-21-37-24-39-29)40-32(41)28(18-26-14-10-8-11-15-26)22-47(43,44)34(3,4)5/h8,10-11,14-15,21,24-25,27-28,30-31H,9,12-13,16-20,22-23H2,1-7H3,(H,37,39)(H,38,42)(H,40,41)/t28-,30+,31+,36-/m1/s1. The Morgan fingerprint density at radius 2 is 1.72 bits per heavy atom. The third-order valence-electron chi connectivity index (χ3n) is 9.56. The van der Waals surface area contributed by atoms with Gasteiger partial charge in [0.25, 0.3) is 0 Å². The summed E-state index contributed by atoms with van der Waals surface area (Å²) in [5.74, 6) is -2.28. The summed E-state index contributed by atoms with van der Waals surface area (Å²) in [6.07, 6.45) is 10.0. The number of benzene rings is 1. The minimum atomic E-state index is -3.65. The second-order valence-corrected chi connectivity index (χ2v) is 18.2. The maximum atomic E-state index is 14.1. The molecule has 4 rings (SSSR count). The number of sulfone groups is 1. The van der Waals surface area contributed by atoms with E-state index in [1.165, 1.54) is 25.6 Å². The number of rotatable bonds is 14. The Bertz CT molecular complexity index is 1410. The number of aromatic amines is 1. The number of H-pyrrole nitrogens is 1. The van der Waals surface area contributed by atoms with Crippen LogP contribution in [0.4, 0.5) is 0 Å². The molecule has 3 N–H and O–H groups in total. The molecule has 2 fully saturated rings. The lowest BCUT2D eigenvalue weighted by Gasteiger charge is -2.39. The molecule has 2 aromatic rings. The van der Waals surface area contributed by atoms with E-state index >= 15 is 0 Å². The maximum absolute atomic E-state index is 14.1. The van der Waals surface area contributed by atoms with Crippen molar-refractivity contribution in [1.29, 1.82) is 0 Å². The van der Waals surface area contributed by atoms with E-state index in [1.54, 1.807) is 27.0 Å². The zero-order valence-electron chi connectivity index (χ0n) is 29.3. The van der Waals surface area contributed by atoms with Crippen LogP contribution < -0.4 is 10.6 Å². The molecular weight excluding hydrogens is 616 g/mol. The van der Waals surface area contributed by atoms with E-state index in [0.717, 1.165) is 24.8 Å². The second-order valence-electron chi connectivity index (χ2n) is 15.4. The van der Waals surface area contributed by atoms with Crippen LogP contribution in [-0.2, 0) is 41.7 Å². The molecule has 1 aliphatic heterocycles. The van der Waals surface area contributed by atoms with E-state index in [4.69, 9.17) is 9.47 Å². The summed E-state index contributed by atoms with van der Waals surface area (Å²) in [6.45, 7) is 13.2. The molecule has 262 valence electrons. The molecule has 11 heteroatoms. The van der Waals surface area contributed by atoms with Crippen LogP contribution >= 0.6 is 0 Å². The van der Waals surface area contributed by atoms with Gasteiger partial charge in [0.15, 0.2) is 15.6 Å². The second kappa shape index (κ2) is 15.2. The quantitative estimate of drug-likeness (QED) is 0.253. The Balaban J connectivity index is 1.58.